The van der Waals surface area contributed by atoms with E-state index >= 15 is 0 Å². The van der Waals surface area contributed by atoms with Gasteiger partial charge in [0.15, 0.2) is 0 Å². The molecule has 0 fully saturated rings. The molecule has 2 aromatic rings. The second kappa shape index (κ2) is 4.24. The SMILES string of the molecule is Cc1ccc(C2=Cc3ccccc3S(=O)(=O)N2)cc1. The summed E-state index contributed by atoms with van der Waals surface area (Å²) in [6, 6.07) is 14.7. The minimum atomic E-state index is -3.47. The first-order chi connectivity index (χ1) is 9.06. The maximum atomic E-state index is 12.2. The topological polar surface area (TPSA) is 46.2 Å². The van der Waals surface area contributed by atoms with E-state index in [1.54, 1.807) is 12.1 Å². The molecule has 3 nitrogen and oxygen atoms in total. The quantitative estimate of drug-likeness (QED) is 0.867. The van der Waals surface area contributed by atoms with Crippen LogP contribution in [0.25, 0.3) is 11.8 Å². The van der Waals surface area contributed by atoms with Gasteiger partial charge in [-0.3, -0.25) is 4.72 Å². The van der Waals surface area contributed by atoms with Gasteiger partial charge >= 0.3 is 0 Å². The van der Waals surface area contributed by atoms with Crippen molar-refractivity contribution in [1.82, 2.24) is 4.72 Å². The van der Waals surface area contributed by atoms with Crippen molar-refractivity contribution in [3.05, 3.63) is 65.2 Å². The van der Waals surface area contributed by atoms with Crippen molar-refractivity contribution < 1.29 is 8.42 Å². The summed E-state index contributed by atoms with van der Waals surface area (Å²) < 4.78 is 27.0. The van der Waals surface area contributed by atoms with Crippen molar-refractivity contribution in [2.75, 3.05) is 0 Å². The smallest absolute Gasteiger partial charge is 0.262 e. The minimum Gasteiger partial charge on any atom is -0.279 e. The molecule has 1 aliphatic heterocycles. The molecule has 0 radical (unpaired) electrons. The van der Waals surface area contributed by atoms with Crippen LogP contribution in [-0.2, 0) is 10.0 Å². The highest BCUT2D eigenvalue weighted by atomic mass is 32.2. The van der Waals surface area contributed by atoms with Crippen LogP contribution in [0.3, 0.4) is 0 Å². The van der Waals surface area contributed by atoms with E-state index < -0.39 is 10.0 Å². The highest BCUT2D eigenvalue weighted by Gasteiger charge is 2.23. The van der Waals surface area contributed by atoms with Crippen molar-refractivity contribution in [3.63, 3.8) is 0 Å². The summed E-state index contributed by atoms with van der Waals surface area (Å²) in [4.78, 5) is 0.325. The predicted octanol–water partition coefficient (Wildman–Crippen LogP) is 2.79. The van der Waals surface area contributed by atoms with Crippen LogP contribution in [0.4, 0.5) is 0 Å². The van der Waals surface area contributed by atoms with E-state index in [2.05, 4.69) is 4.72 Å². The van der Waals surface area contributed by atoms with Gasteiger partial charge in [0.05, 0.1) is 10.6 Å². The number of sulfonamides is 1. The lowest BCUT2D eigenvalue weighted by Crippen LogP contribution is -2.26. The Hall–Kier alpha value is -2.07. The second-order valence-corrected chi connectivity index (χ2v) is 6.22. The van der Waals surface area contributed by atoms with Gasteiger partial charge in [-0.25, -0.2) is 8.42 Å². The molecule has 0 unspecified atom stereocenters. The summed E-state index contributed by atoms with van der Waals surface area (Å²) in [5.74, 6) is 0. The molecule has 0 aromatic heterocycles. The van der Waals surface area contributed by atoms with E-state index in [1.165, 1.54) is 0 Å². The highest BCUT2D eigenvalue weighted by Crippen LogP contribution is 2.27. The lowest BCUT2D eigenvalue weighted by Gasteiger charge is -2.19. The molecule has 96 valence electrons. The lowest BCUT2D eigenvalue weighted by molar-refractivity contribution is 0.591. The van der Waals surface area contributed by atoms with E-state index in [1.807, 2.05) is 49.4 Å². The number of benzene rings is 2. The first kappa shape index (κ1) is 12.0. The van der Waals surface area contributed by atoms with Gasteiger partial charge in [-0.15, -0.1) is 0 Å². The molecule has 19 heavy (non-hydrogen) atoms. The number of fused-ring (bicyclic) bond motifs is 1. The average Bonchev–Trinajstić information content (AvgIpc) is 2.39. The first-order valence-corrected chi connectivity index (χ1v) is 7.45. The van der Waals surface area contributed by atoms with Crippen molar-refractivity contribution >= 4 is 21.8 Å². The Morgan fingerprint density at radius 2 is 1.63 bits per heavy atom. The lowest BCUT2D eigenvalue weighted by atomic mass is 10.1. The summed E-state index contributed by atoms with van der Waals surface area (Å²) >= 11 is 0. The average molecular weight is 271 g/mol. The van der Waals surface area contributed by atoms with Crippen LogP contribution in [0.2, 0.25) is 0 Å². The third-order valence-corrected chi connectivity index (χ3v) is 4.55. The molecular formula is C15H13NO2S. The minimum absolute atomic E-state index is 0.325. The van der Waals surface area contributed by atoms with Crippen molar-refractivity contribution in [2.24, 2.45) is 0 Å². The molecule has 0 saturated heterocycles. The fourth-order valence-corrected chi connectivity index (χ4v) is 3.38. The maximum absolute atomic E-state index is 12.2. The monoisotopic (exact) mass is 271 g/mol. The fraction of sp³-hybridized carbons (Fsp3) is 0.0667. The summed E-state index contributed by atoms with van der Waals surface area (Å²) in [5, 5.41) is 0. The number of nitrogens with one attached hydrogen (secondary N) is 1. The third kappa shape index (κ3) is 2.15. The number of aryl methyl sites for hydroxylation is 1. The molecule has 0 amide bonds. The molecule has 3 rings (SSSR count). The van der Waals surface area contributed by atoms with Crippen LogP contribution in [0.15, 0.2) is 53.4 Å². The van der Waals surface area contributed by atoms with Crippen LogP contribution < -0.4 is 4.72 Å². The Bertz CT molecular complexity index is 759. The summed E-state index contributed by atoms with van der Waals surface area (Å²) in [6.45, 7) is 2.00. The van der Waals surface area contributed by atoms with E-state index in [9.17, 15) is 8.42 Å². The van der Waals surface area contributed by atoms with Gasteiger partial charge in [-0.1, -0.05) is 48.0 Å². The van der Waals surface area contributed by atoms with Crippen molar-refractivity contribution in [2.45, 2.75) is 11.8 Å². The Morgan fingerprint density at radius 3 is 2.37 bits per heavy atom. The van der Waals surface area contributed by atoms with Gasteiger partial charge in [0, 0.05) is 0 Å². The molecule has 0 bridgehead atoms. The molecular weight excluding hydrogens is 258 g/mol. The second-order valence-electron chi connectivity index (χ2n) is 4.57. The molecule has 4 heteroatoms. The van der Waals surface area contributed by atoms with Gasteiger partial charge in [0.2, 0.25) is 0 Å². The number of rotatable bonds is 1. The largest absolute Gasteiger partial charge is 0.279 e. The normalized spacial score (nSPS) is 16.2. The van der Waals surface area contributed by atoms with Crippen LogP contribution in [0, 0.1) is 6.92 Å². The van der Waals surface area contributed by atoms with Crippen LogP contribution in [0.1, 0.15) is 16.7 Å². The Balaban J connectivity index is 2.16. The summed E-state index contributed by atoms with van der Waals surface area (Å²) in [6.07, 6.45) is 1.86. The fourth-order valence-electron chi connectivity index (χ4n) is 2.10. The van der Waals surface area contributed by atoms with Gasteiger partial charge in [0.25, 0.3) is 10.0 Å². The molecule has 0 spiro atoms. The first-order valence-electron chi connectivity index (χ1n) is 5.97. The van der Waals surface area contributed by atoms with E-state index in [0.29, 0.717) is 10.6 Å². The van der Waals surface area contributed by atoms with Crippen LogP contribution in [0.5, 0.6) is 0 Å². The third-order valence-electron chi connectivity index (χ3n) is 3.12. The number of hydrogen-bond acceptors (Lipinski definition) is 2. The van der Waals surface area contributed by atoms with E-state index in [-0.39, 0.29) is 0 Å². The Labute approximate surface area is 112 Å². The zero-order valence-electron chi connectivity index (χ0n) is 10.4. The van der Waals surface area contributed by atoms with E-state index in [4.69, 9.17) is 0 Å². The maximum Gasteiger partial charge on any atom is 0.262 e. The zero-order valence-corrected chi connectivity index (χ0v) is 11.2. The Morgan fingerprint density at radius 1 is 0.947 bits per heavy atom. The molecule has 1 aliphatic rings. The van der Waals surface area contributed by atoms with Crippen molar-refractivity contribution in [3.8, 4) is 0 Å². The van der Waals surface area contributed by atoms with Crippen molar-refractivity contribution in [1.29, 1.82) is 0 Å². The van der Waals surface area contributed by atoms with E-state index in [0.717, 1.165) is 16.7 Å². The van der Waals surface area contributed by atoms with Gasteiger partial charge in [0.1, 0.15) is 0 Å². The van der Waals surface area contributed by atoms with Gasteiger partial charge < -0.3 is 0 Å². The molecule has 1 N–H and O–H groups in total. The molecule has 0 atom stereocenters. The highest BCUT2D eigenvalue weighted by molar-refractivity contribution is 7.90. The van der Waals surface area contributed by atoms with Gasteiger partial charge in [-0.2, -0.15) is 0 Å². The Kier molecular flexibility index (Phi) is 2.68. The molecule has 2 aromatic carbocycles. The van der Waals surface area contributed by atoms with Crippen LogP contribution >= 0.6 is 0 Å². The van der Waals surface area contributed by atoms with Crippen LogP contribution in [-0.4, -0.2) is 8.42 Å². The number of hydrogen-bond donors (Lipinski definition) is 1. The molecule has 0 aliphatic carbocycles. The molecule has 0 saturated carbocycles. The molecule has 1 heterocycles. The van der Waals surface area contributed by atoms with Gasteiger partial charge in [-0.05, 0) is 30.2 Å². The zero-order chi connectivity index (χ0) is 13.5. The predicted molar refractivity (Wildman–Crippen MR) is 75.8 cm³/mol. The standard InChI is InChI=1S/C15H13NO2S/c1-11-6-8-12(9-7-11)14-10-13-4-2-3-5-15(13)19(17,18)16-14/h2-10,16H,1H3. The summed E-state index contributed by atoms with van der Waals surface area (Å²) in [5.41, 5.74) is 3.34. The summed E-state index contributed by atoms with van der Waals surface area (Å²) in [7, 11) is -3.47.